The van der Waals surface area contributed by atoms with Crippen molar-refractivity contribution in [3.63, 3.8) is 0 Å². The van der Waals surface area contributed by atoms with Crippen LogP contribution in [0.15, 0.2) is 35.3 Å². The molecular weight excluding hydrogens is 206 g/mol. The van der Waals surface area contributed by atoms with E-state index in [1.54, 1.807) is 0 Å². The predicted octanol–water partition coefficient (Wildman–Crippen LogP) is 4.58. The molecule has 0 aliphatic heterocycles. The molecule has 0 fully saturated rings. The Bertz CT molecular complexity index is 464. The highest BCUT2D eigenvalue weighted by atomic mass is 14.9. The maximum absolute atomic E-state index is 4.77. The highest BCUT2D eigenvalue weighted by molar-refractivity contribution is 5.80. The third kappa shape index (κ3) is 2.85. The third-order valence-electron chi connectivity index (χ3n) is 3.35. The summed E-state index contributed by atoms with van der Waals surface area (Å²) in [6.45, 7) is 16.6. The Morgan fingerprint density at radius 1 is 1.12 bits per heavy atom. The summed E-state index contributed by atoms with van der Waals surface area (Å²) >= 11 is 0. The lowest BCUT2D eigenvalue weighted by atomic mass is 9.85. The molecule has 92 valence electrons. The van der Waals surface area contributed by atoms with Crippen LogP contribution in [0.2, 0.25) is 0 Å². The minimum atomic E-state index is -0.308. The van der Waals surface area contributed by atoms with E-state index in [2.05, 4.69) is 45.5 Å². The van der Waals surface area contributed by atoms with Crippen LogP contribution in [0, 0.1) is 13.8 Å². The summed E-state index contributed by atoms with van der Waals surface area (Å²) in [6.07, 6.45) is 0. The van der Waals surface area contributed by atoms with Gasteiger partial charge in [0.05, 0.1) is 0 Å². The molecule has 1 rings (SSSR count). The van der Waals surface area contributed by atoms with Crippen LogP contribution in [-0.2, 0) is 5.54 Å². The topological polar surface area (TPSA) is 12.4 Å². The normalized spacial score (nSPS) is 14.0. The highest BCUT2D eigenvalue weighted by Gasteiger charge is 2.26. The summed E-state index contributed by atoms with van der Waals surface area (Å²) in [5.41, 5.74) is 5.68. The average Bonchev–Trinajstić information content (AvgIpc) is 2.20. The van der Waals surface area contributed by atoms with Crippen molar-refractivity contribution in [2.45, 2.75) is 47.1 Å². The molecule has 1 aromatic carbocycles. The summed E-state index contributed by atoms with van der Waals surface area (Å²) in [5, 5.41) is 0. The van der Waals surface area contributed by atoms with E-state index < -0.39 is 0 Å². The van der Waals surface area contributed by atoms with Crippen molar-refractivity contribution in [1.29, 1.82) is 0 Å². The van der Waals surface area contributed by atoms with Crippen molar-refractivity contribution >= 4 is 5.71 Å². The first-order valence-corrected chi connectivity index (χ1v) is 6.04. The molecule has 0 spiro atoms. The fourth-order valence-electron chi connectivity index (χ4n) is 1.90. The van der Waals surface area contributed by atoms with E-state index in [-0.39, 0.29) is 5.54 Å². The maximum atomic E-state index is 4.77. The first-order chi connectivity index (χ1) is 7.77. The summed E-state index contributed by atoms with van der Waals surface area (Å²) in [6, 6.07) is 6.53. The standard InChI is InChI=1S/C16H23N/c1-11(2)16(7,17-12(3)4)15-9-8-13(5)14(6)10-15/h8-10H,1H2,2-7H3. The van der Waals surface area contributed by atoms with Crippen molar-refractivity contribution < 1.29 is 0 Å². The number of aryl methyl sites for hydroxylation is 2. The van der Waals surface area contributed by atoms with Crippen LogP contribution in [0.1, 0.15) is 44.4 Å². The van der Waals surface area contributed by atoms with E-state index in [0.29, 0.717) is 0 Å². The zero-order valence-corrected chi connectivity index (χ0v) is 11.9. The fraction of sp³-hybridized carbons (Fsp3) is 0.438. The van der Waals surface area contributed by atoms with Crippen LogP contribution in [0.5, 0.6) is 0 Å². The Balaban J connectivity index is 3.38. The lowest BCUT2D eigenvalue weighted by Crippen LogP contribution is -2.21. The highest BCUT2D eigenvalue weighted by Crippen LogP contribution is 2.33. The Hall–Kier alpha value is -1.37. The minimum Gasteiger partial charge on any atom is -0.279 e. The van der Waals surface area contributed by atoms with E-state index in [1.807, 2.05) is 20.8 Å². The smallest absolute Gasteiger partial charge is 0.103 e. The van der Waals surface area contributed by atoms with Crippen LogP contribution in [0.25, 0.3) is 0 Å². The van der Waals surface area contributed by atoms with Crippen molar-refractivity contribution in [2.24, 2.45) is 4.99 Å². The summed E-state index contributed by atoms with van der Waals surface area (Å²) in [4.78, 5) is 4.77. The molecule has 0 aromatic heterocycles. The van der Waals surface area contributed by atoms with E-state index in [9.17, 15) is 0 Å². The lowest BCUT2D eigenvalue weighted by Gasteiger charge is -2.28. The Kier molecular flexibility index (Phi) is 3.92. The monoisotopic (exact) mass is 229 g/mol. The van der Waals surface area contributed by atoms with Gasteiger partial charge in [0.1, 0.15) is 5.54 Å². The van der Waals surface area contributed by atoms with Gasteiger partial charge in [-0.25, -0.2) is 0 Å². The largest absolute Gasteiger partial charge is 0.279 e. The van der Waals surface area contributed by atoms with Gasteiger partial charge in [0.2, 0.25) is 0 Å². The summed E-state index contributed by atoms with van der Waals surface area (Å²) in [5.74, 6) is 0. The Morgan fingerprint density at radius 3 is 2.12 bits per heavy atom. The molecule has 1 nitrogen and oxygen atoms in total. The SMILES string of the molecule is C=C(C)C(C)(N=C(C)C)c1ccc(C)c(C)c1. The molecule has 17 heavy (non-hydrogen) atoms. The molecule has 0 N–H and O–H groups in total. The van der Waals surface area contributed by atoms with Crippen LogP contribution in [0.3, 0.4) is 0 Å². The van der Waals surface area contributed by atoms with Gasteiger partial charge >= 0.3 is 0 Å². The molecule has 0 heterocycles. The maximum Gasteiger partial charge on any atom is 0.103 e. The Morgan fingerprint density at radius 2 is 1.71 bits per heavy atom. The van der Waals surface area contributed by atoms with Gasteiger partial charge < -0.3 is 0 Å². The molecule has 1 aromatic rings. The van der Waals surface area contributed by atoms with Gasteiger partial charge in [0.25, 0.3) is 0 Å². The molecule has 1 heteroatoms. The van der Waals surface area contributed by atoms with Crippen LogP contribution in [0.4, 0.5) is 0 Å². The van der Waals surface area contributed by atoms with Gasteiger partial charge in [0, 0.05) is 5.71 Å². The average molecular weight is 229 g/mol. The number of aliphatic imine (C=N–C) groups is 1. The van der Waals surface area contributed by atoms with E-state index in [1.165, 1.54) is 16.7 Å². The van der Waals surface area contributed by atoms with Gasteiger partial charge in [-0.2, -0.15) is 0 Å². The number of rotatable bonds is 3. The molecule has 0 radical (unpaired) electrons. The molecule has 0 aliphatic rings. The quantitative estimate of drug-likeness (QED) is 0.531. The summed E-state index contributed by atoms with van der Waals surface area (Å²) in [7, 11) is 0. The van der Waals surface area contributed by atoms with Crippen LogP contribution >= 0.6 is 0 Å². The first-order valence-electron chi connectivity index (χ1n) is 6.04. The zero-order valence-electron chi connectivity index (χ0n) is 11.9. The zero-order chi connectivity index (χ0) is 13.2. The van der Waals surface area contributed by atoms with E-state index in [0.717, 1.165) is 11.3 Å². The molecule has 0 amide bonds. The second-order valence-electron chi connectivity index (χ2n) is 5.21. The van der Waals surface area contributed by atoms with Gasteiger partial charge in [0.15, 0.2) is 0 Å². The van der Waals surface area contributed by atoms with Crippen molar-refractivity contribution in [1.82, 2.24) is 0 Å². The number of hydrogen-bond acceptors (Lipinski definition) is 1. The van der Waals surface area contributed by atoms with Gasteiger partial charge in [-0.15, -0.1) is 0 Å². The van der Waals surface area contributed by atoms with Gasteiger partial charge in [-0.3, -0.25) is 4.99 Å². The van der Waals surface area contributed by atoms with Gasteiger partial charge in [-0.1, -0.05) is 24.8 Å². The molecule has 1 atom stereocenters. The molecule has 0 bridgehead atoms. The number of nitrogens with zero attached hydrogens (tertiary/aromatic N) is 1. The second kappa shape index (κ2) is 4.87. The van der Waals surface area contributed by atoms with Crippen LogP contribution < -0.4 is 0 Å². The Labute approximate surface area is 105 Å². The van der Waals surface area contributed by atoms with Crippen molar-refractivity contribution in [3.05, 3.63) is 47.0 Å². The van der Waals surface area contributed by atoms with E-state index >= 15 is 0 Å². The lowest BCUT2D eigenvalue weighted by molar-refractivity contribution is 0.592. The number of hydrogen-bond donors (Lipinski definition) is 0. The number of benzene rings is 1. The predicted molar refractivity (Wildman–Crippen MR) is 76.9 cm³/mol. The second-order valence-corrected chi connectivity index (χ2v) is 5.21. The molecule has 0 aliphatic carbocycles. The molecule has 1 unspecified atom stereocenters. The van der Waals surface area contributed by atoms with Crippen LogP contribution in [-0.4, -0.2) is 5.71 Å². The first kappa shape index (κ1) is 13.7. The minimum absolute atomic E-state index is 0.308. The van der Waals surface area contributed by atoms with Gasteiger partial charge in [-0.05, 0) is 63.8 Å². The third-order valence-corrected chi connectivity index (χ3v) is 3.35. The fourth-order valence-corrected chi connectivity index (χ4v) is 1.90. The molecule has 0 saturated heterocycles. The summed E-state index contributed by atoms with van der Waals surface area (Å²) < 4.78 is 0. The molecule has 0 saturated carbocycles. The van der Waals surface area contributed by atoms with Crippen molar-refractivity contribution in [2.75, 3.05) is 0 Å². The van der Waals surface area contributed by atoms with E-state index in [4.69, 9.17) is 4.99 Å². The molecular formula is C16H23N. The van der Waals surface area contributed by atoms with Crippen molar-refractivity contribution in [3.8, 4) is 0 Å².